The van der Waals surface area contributed by atoms with Gasteiger partial charge in [-0.25, -0.2) is 0 Å². The molecule has 0 atom stereocenters. The van der Waals surface area contributed by atoms with E-state index in [-0.39, 0.29) is 0 Å². The Labute approximate surface area is 972 Å². The first-order chi connectivity index (χ1) is 63.3. The molecule has 0 N–H and O–H groups in total. The van der Waals surface area contributed by atoms with Crippen LogP contribution in [0.1, 0.15) is 0 Å². The van der Waals surface area contributed by atoms with Crippen LogP contribution in [0.4, 0.5) is 0 Å². The van der Waals surface area contributed by atoms with Crippen LogP contribution in [-0.2, 0) is 0 Å². The predicted octanol–water partition coefficient (Wildman–Crippen LogP) is -52.9. The molecule has 0 saturated carbocycles. The Morgan fingerprint density at radius 3 is 0.194 bits per heavy atom. The van der Waals surface area contributed by atoms with Gasteiger partial charge in [0.25, 0.3) is 0 Å². The molecule has 0 unspecified atom stereocenters. The van der Waals surface area contributed by atoms with Crippen molar-refractivity contribution in [3.8, 4) is 0 Å². The average Bonchev–Trinajstić information content (AvgIpc) is 0.695. The van der Waals surface area contributed by atoms with Gasteiger partial charge in [0.15, 0.2) is 0 Å². The van der Waals surface area contributed by atoms with E-state index in [0.29, 0.717) is 0 Å². The fourth-order valence-electron chi connectivity index (χ4n) is 25.5. The summed E-state index contributed by atoms with van der Waals surface area (Å²) in [4.78, 5) is 0. The SMILES string of the molecule is [B]B([B])B(B([B])[B])B(B(B([B])[B])B([B])[B])B(B(B([B])[B][B-])B(B([B])[B])B([B-])[B-])B(B(B(B([B])[B])B([B])[B])B(B([B])[B])B([B])[B])B(B(B(B(B([B])[B])B([B])[B])B(B([B])[B])B([B])[B])B(B(B([B])[B])B([B])[B])B(B([B])[B])B([B])[B])B(B(B(B(B([B])[B])B([B])[B])B(B([B])[B])B([B])[B])B(B(B([B])[B])B([B])[B])B(B([B])[B])B([B])[B])B(B(B(B([B])[B])B([B])[B])B(B([B])[B])B([B])[B])B(B(B([B])[B])B([B])[B])B(B([B])[B])B([B])[B]. The predicted molar refractivity (Wildman–Crippen MR) is 800 cm³/mol. The molecule has 0 aliphatic heterocycles. The van der Waals surface area contributed by atoms with Gasteiger partial charge in [-0.05, 0) is 466 Å². The summed E-state index contributed by atoms with van der Waals surface area (Å²) in [6, 6.07) is 0. The molecule has 0 heterocycles. The van der Waals surface area contributed by atoms with E-state index in [1.54, 1.807) is 0 Å². The Balaban J connectivity index is 18.2. The Morgan fingerprint density at radius 1 is 0.0863 bits per heavy atom. The summed E-state index contributed by atoms with van der Waals surface area (Å²) in [5.74, 6) is 0. The van der Waals surface area contributed by atoms with Gasteiger partial charge in [-0.2, -0.15) is 0 Å². The molecule has 139 heteroatoms. The second-order valence-electron chi connectivity index (χ2n) is 39.5. The third kappa shape index (κ3) is 39.7. The van der Waals surface area contributed by atoms with Crippen molar-refractivity contribution in [2.45, 2.75) is 0 Å². The molecule has 0 bridgehead atoms. The first kappa shape index (κ1) is 148. The average molecular weight is 1500 g/mol. The maximum atomic E-state index is 8.05. The third-order valence-corrected chi connectivity index (χ3v) is 30.0. The van der Waals surface area contributed by atoms with Gasteiger partial charge in [-0.1, -0.05) is 6.39 Å². The molecule has 0 aromatic carbocycles. The maximum Gasteiger partial charge on any atom is 0 e. The minimum absolute atomic E-state index is 0.857. The molecule has 0 spiro atoms. The standard InChI is InChI=1S/B139/c1-71-106(70)124(107(72(2)3)73(4)5)133(125(108(74(6)7)75(8)9)109(76(10)11)77(12)13)137(132(122(102(62)63)103(64)65)123(104(66)67)105(68)69)139(136(130(118(94(46)47)95(48)49)119(96(50)51)97(52)53)131(120(98(54)55)99(56)57)121(100(58)59)101(60)61)138(134(126(110(78(14)15)79(16)17)111(80(18)19)81(20)21)127(112(82(22)23)83(24)25)113(84(26)27)85(28)29)135(128(114(86(30)31)87(32)33)115(88(34)35)89(36)37)129(116(90(38)39)91(40)41)117(92(42)43)93(44)45/q-3. The van der Waals surface area contributed by atoms with Crippen molar-refractivity contribution in [3.63, 3.8) is 0 Å². The van der Waals surface area contributed by atoms with Crippen LogP contribution in [0, 0.1) is 0 Å². The lowest BCUT2D eigenvalue weighted by Gasteiger charge is -2.66. The summed E-state index contributed by atoms with van der Waals surface area (Å²) >= 11 is 0. The zero-order valence-electron chi connectivity index (χ0n) is 80.3. The van der Waals surface area contributed by atoms with E-state index in [4.69, 9.17) is 542 Å². The second kappa shape index (κ2) is 68.4. The van der Waals surface area contributed by atoms with Crippen molar-refractivity contribution >= 4 is 983 Å². The molecule has 0 aliphatic rings. The molecule has 0 aromatic rings. The zero-order valence-corrected chi connectivity index (χ0v) is 80.3. The molecular weight excluding hydrogens is 1500 g/mol. The van der Waals surface area contributed by atoms with E-state index in [9.17, 15) is 0 Å². The fourth-order valence-corrected chi connectivity index (χ4v) is 25.5. The lowest BCUT2D eigenvalue weighted by atomic mass is 8.16. The van der Waals surface area contributed by atoms with E-state index in [1.807, 2.05) is 0 Å². The van der Waals surface area contributed by atoms with Gasteiger partial charge in [0.2, 0.25) is 0 Å². The summed E-state index contributed by atoms with van der Waals surface area (Å²) in [5, 5.41) is 0. The van der Waals surface area contributed by atoms with Gasteiger partial charge in [-0.15, -0.1) is 0 Å². The topological polar surface area (TPSA) is 0 Å². The minimum atomic E-state index is -2.99. The summed E-state index contributed by atoms with van der Waals surface area (Å²) < 4.78 is 0. The van der Waals surface area contributed by atoms with Crippen LogP contribution in [0.5, 0.6) is 0 Å². The van der Waals surface area contributed by atoms with Gasteiger partial charge in [0.05, 0.1) is 0 Å². The van der Waals surface area contributed by atoms with Crippen LogP contribution in [0.2, 0.25) is 0 Å². The van der Waals surface area contributed by atoms with Crippen LogP contribution in [0.25, 0.3) is 0 Å². The highest BCUT2D eigenvalue weighted by molar-refractivity contribution is 8.48. The zero-order chi connectivity index (χ0) is 110. The van der Waals surface area contributed by atoms with Crippen LogP contribution in [-0.4, -0.2) is 983 Å². The number of hydrogen-bond donors (Lipinski definition) is 0. The summed E-state index contributed by atoms with van der Waals surface area (Å²) in [7, 11) is 528. The van der Waals surface area contributed by atoms with Crippen molar-refractivity contribution < 1.29 is 0 Å². The van der Waals surface area contributed by atoms with E-state index >= 15 is 0 Å². The van der Waals surface area contributed by atoms with E-state index in [2.05, 4.69) is 0 Å². The highest BCUT2D eigenvalue weighted by atomic mass is 13.5. The second-order valence-corrected chi connectivity index (χ2v) is 39.5. The molecule has 139 heavy (non-hydrogen) atoms. The van der Waals surface area contributed by atoms with Gasteiger partial charge in [0.1, 0.15) is 0 Å². The Bertz CT molecular complexity index is 2430. The summed E-state index contributed by atoms with van der Waals surface area (Å²) in [6.07, 6.45) is -155. The van der Waals surface area contributed by atoms with Gasteiger partial charge in [-0.3, -0.25) is 7.06 Å². The molecule has 0 amide bonds. The molecular formula is B139-3. The first-order valence-electron chi connectivity index (χ1n) is 46.0. The van der Waals surface area contributed by atoms with Crippen molar-refractivity contribution in [2.75, 3.05) is 0 Å². The molecule has 0 nitrogen and oxygen atoms in total. The molecule has 0 fully saturated rings. The van der Waals surface area contributed by atoms with Crippen molar-refractivity contribution in [2.24, 2.45) is 0 Å². The van der Waals surface area contributed by atoms with Gasteiger partial charge < -0.3 is 29.6 Å². The number of rotatable bonds is 68. The fraction of sp³-hybridized carbons (Fsp3) is 0. The monoisotopic (exact) mass is 1530 g/mol. The van der Waals surface area contributed by atoms with Crippen molar-refractivity contribution in [1.82, 2.24) is 0 Å². The highest BCUT2D eigenvalue weighted by Crippen LogP contribution is 2.34. The Morgan fingerprint density at radius 2 is 0.144 bits per heavy atom. The molecule has 0 saturated heterocycles. The maximum absolute atomic E-state index is 8.05. The third-order valence-electron chi connectivity index (χ3n) is 30.0. The quantitative estimate of drug-likeness (QED) is 0.0533. The van der Waals surface area contributed by atoms with Crippen LogP contribution >= 0.6 is 0 Å². The van der Waals surface area contributed by atoms with Gasteiger partial charge in [0, 0.05) is 474 Å². The Kier molecular flexibility index (Phi) is 72.9. The summed E-state index contributed by atoms with van der Waals surface area (Å²) in [5.41, 5.74) is 0. The largest absolute Gasteiger partial charge is 0.729 e. The molecule has 420 valence electrons. The lowest BCUT2D eigenvalue weighted by molar-refractivity contribution is 3.10. The first-order valence-corrected chi connectivity index (χ1v) is 46.0. The van der Waals surface area contributed by atoms with Crippen molar-refractivity contribution in [3.05, 3.63) is 0 Å². The Hall–Kier alpha value is 9.03. The molecule has 0 rings (SSSR count). The van der Waals surface area contributed by atoms with Crippen molar-refractivity contribution in [1.29, 1.82) is 0 Å². The minimum Gasteiger partial charge on any atom is -0.729 e. The summed E-state index contributed by atoms with van der Waals surface area (Å²) in [6.45, 7) is 0. The van der Waals surface area contributed by atoms with Crippen LogP contribution in [0.15, 0.2) is 0 Å². The van der Waals surface area contributed by atoms with E-state index < -0.39 is 434 Å². The smallest absolute Gasteiger partial charge is 0 e. The molecule has 0 aromatic heterocycles. The molecule has 144 radical (unpaired) electrons. The van der Waals surface area contributed by atoms with Crippen LogP contribution in [0.3, 0.4) is 0 Å². The van der Waals surface area contributed by atoms with Gasteiger partial charge >= 0.3 is 0 Å². The normalized spacial score (nSPS) is 9.89. The molecule has 0 aliphatic carbocycles. The van der Waals surface area contributed by atoms with E-state index in [1.165, 1.54) is 0 Å². The highest BCUT2D eigenvalue weighted by Gasteiger charge is 2.72. The van der Waals surface area contributed by atoms with E-state index in [0.717, 1.165) is 7.06 Å². The lowest BCUT2D eigenvalue weighted by Crippen LogP contribution is -3.03. The number of hydrogen-bond acceptors (Lipinski definition) is 0. The van der Waals surface area contributed by atoms with Crippen LogP contribution < -0.4 is 0 Å².